The van der Waals surface area contributed by atoms with Crippen molar-refractivity contribution in [2.75, 3.05) is 25.0 Å². The van der Waals surface area contributed by atoms with Crippen LogP contribution in [0.1, 0.15) is 43.4 Å². The quantitative estimate of drug-likeness (QED) is 0.139. The number of alkyl halides is 3. The number of furan rings is 1. The van der Waals surface area contributed by atoms with Crippen LogP contribution in [0.25, 0.3) is 11.1 Å². The maximum absolute atomic E-state index is 13.5. The maximum atomic E-state index is 13.5. The van der Waals surface area contributed by atoms with Crippen molar-refractivity contribution >= 4 is 13.9 Å². The van der Waals surface area contributed by atoms with Gasteiger partial charge >= 0.3 is 14.4 Å². The minimum absolute atomic E-state index is 0.149. The predicted octanol–water partition coefficient (Wildman–Crippen LogP) is 6.94. The fourth-order valence-electron chi connectivity index (χ4n) is 3.91. The molecule has 0 radical (unpaired) electrons. The second-order valence-corrected chi connectivity index (χ2v) is 9.75. The summed E-state index contributed by atoms with van der Waals surface area (Å²) >= 11 is 0. The van der Waals surface area contributed by atoms with Gasteiger partial charge in [0.05, 0.1) is 24.2 Å². The van der Waals surface area contributed by atoms with Gasteiger partial charge in [0.25, 0.3) is 0 Å². The first-order valence-electron chi connectivity index (χ1n) is 12.4. The normalized spacial score (nSPS) is 12.1. The summed E-state index contributed by atoms with van der Waals surface area (Å²) in [6.45, 7) is 5.40. The molecular formula is C27H33F3N2O5P+. The average molecular weight is 554 g/mol. The first-order valence-corrected chi connectivity index (χ1v) is 13.5. The van der Waals surface area contributed by atoms with Crippen LogP contribution >= 0.6 is 8.25 Å². The van der Waals surface area contributed by atoms with E-state index >= 15 is 0 Å². The van der Waals surface area contributed by atoms with Gasteiger partial charge in [-0.25, -0.2) is 0 Å². The third-order valence-electron chi connectivity index (χ3n) is 5.61. The molecular weight excluding hydrogens is 520 g/mol. The van der Waals surface area contributed by atoms with E-state index in [1.54, 1.807) is 32.4 Å². The minimum atomic E-state index is -4.48. The van der Waals surface area contributed by atoms with Crippen LogP contribution < -0.4 is 15.4 Å². The topological polar surface area (TPSA) is 93.0 Å². The summed E-state index contributed by atoms with van der Waals surface area (Å²) in [5.41, 5.74) is 3.65. The van der Waals surface area contributed by atoms with Crippen molar-refractivity contribution in [3.05, 3.63) is 71.7 Å². The Bertz CT molecular complexity index is 1170. The van der Waals surface area contributed by atoms with Gasteiger partial charge in [-0.3, -0.25) is 0 Å². The van der Waals surface area contributed by atoms with Gasteiger partial charge in [0.15, 0.2) is 0 Å². The molecule has 206 valence electrons. The zero-order chi connectivity index (χ0) is 27.5. The summed E-state index contributed by atoms with van der Waals surface area (Å²) < 4.78 is 66.4. The lowest BCUT2D eigenvalue weighted by molar-refractivity contribution is -0.139. The van der Waals surface area contributed by atoms with Gasteiger partial charge in [-0.05, 0) is 81.1 Å². The van der Waals surface area contributed by atoms with Crippen LogP contribution in [-0.4, -0.2) is 30.7 Å². The molecule has 3 aromatic rings. The molecule has 3 rings (SSSR count). The van der Waals surface area contributed by atoms with E-state index in [1.165, 1.54) is 12.1 Å². The first-order chi connectivity index (χ1) is 18.1. The molecule has 7 nitrogen and oxygen atoms in total. The van der Waals surface area contributed by atoms with Crippen molar-refractivity contribution in [3.63, 3.8) is 0 Å². The van der Waals surface area contributed by atoms with E-state index in [9.17, 15) is 17.7 Å². The summed E-state index contributed by atoms with van der Waals surface area (Å²) in [5.74, 6) is -0.149. The van der Waals surface area contributed by atoms with Crippen LogP contribution in [0.5, 0.6) is 5.75 Å². The Morgan fingerprint density at radius 3 is 2.53 bits per heavy atom. The SMILES string of the molecule is CC(C)Oc1ccc(CCCNc2ccc(CNCCCO[P+](=O)O)cc2-c2ccoc2)cc1C(F)(F)F. The molecule has 11 heteroatoms. The number of halogens is 3. The zero-order valence-electron chi connectivity index (χ0n) is 21.4. The van der Waals surface area contributed by atoms with E-state index in [4.69, 9.17) is 14.0 Å². The Hall–Kier alpha value is -2.91. The molecule has 1 aromatic heterocycles. The fourth-order valence-corrected chi connectivity index (χ4v) is 4.20. The van der Waals surface area contributed by atoms with Gasteiger partial charge < -0.3 is 19.8 Å². The largest absolute Gasteiger partial charge is 0.694 e. The van der Waals surface area contributed by atoms with E-state index in [2.05, 4.69) is 15.2 Å². The van der Waals surface area contributed by atoms with Crippen LogP contribution in [-0.2, 0) is 28.2 Å². The molecule has 0 spiro atoms. The molecule has 0 aliphatic carbocycles. The highest BCUT2D eigenvalue weighted by Crippen LogP contribution is 2.37. The standard InChI is InChI=1S/C27H32F3N2O5P/c1-19(2)37-26-9-7-20(16-24(26)27(28,29)30)5-3-12-32-25-8-6-21(15-23(25)22-10-14-35-18-22)17-31-11-4-13-36-38(33)34/h6-10,14-16,18-19,31-32H,3-5,11-13,17H2,1-2H3/p+1. The third-order valence-corrected chi connectivity index (χ3v) is 6.02. The molecule has 0 amide bonds. The number of benzene rings is 2. The number of nitrogens with one attached hydrogen (secondary N) is 2. The number of anilines is 1. The molecule has 38 heavy (non-hydrogen) atoms. The van der Waals surface area contributed by atoms with E-state index in [-0.39, 0.29) is 18.5 Å². The fraction of sp³-hybridized carbons (Fsp3) is 0.407. The second-order valence-electron chi connectivity index (χ2n) is 9.02. The summed E-state index contributed by atoms with van der Waals surface area (Å²) in [6.07, 6.45) is 0.145. The second kappa shape index (κ2) is 14.3. The Balaban J connectivity index is 1.58. The summed E-state index contributed by atoms with van der Waals surface area (Å²) in [6, 6.07) is 12.1. The average Bonchev–Trinajstić information content (AvgIpc) is 3.39. The molecule has 0 fully saturated rings. The van der Waals surface area contributed by atoms with Gasteiger partial charge in [-0.1, -0.05) is 12.1 Å². The first kappa shape index (κ1) is 29.6. The highest BCUT2D eigenvalue weighted by Gasteiger charge is 2.34. The van der Waals surface area contributed by atoms with Crippen molar-refractivity contribution in [3.8, 4) is 16.9 Å². The Labute approximate surface area is 221 Å². The Kier molecular flexibility index (Phi) is 11.2. The third kappa shape index (κ3) is 9.44. The van der Waals surface area contributed by atoms with Crippen molar-refractivity contribution < 1.29 is 36.3 Å². The van der Waals surface area contributed by atoms with Crippen LogP contribution in [0.4, 0.5) is 18.9 Å². The van der Waals surface area contributed by atoms with Crippen molar-refractivity contribution in [1.29, 1.82) is 0 Å². The Morgan fingerprint density at radius 2 is 1.84 bits per heavy atom. The molecule has 2 aromatic carbocycles. The molecule has 0 aliphatic rings. The van der Waals surface area contributed by atoms with Gasteiger partial charge in [0.2, 0.25) is 0 Å². The number of hydrogen-bond acceptors (Lipinski definition) is 6. The molecule has 0 bridgehead atoms. The van der Waals surface area contributed by atoms with Crippen LogP contribution in [0.2, 0.25) is 0 Å². The van der Waals surface area contributed by atoms with Gasteiger partial charge in [0.1, 0.15) is 12.4 Å². The van der Waals surface area contributed by atoms with E-state index < -0.39 is 20.0 Å². The number of rotatable bonds is 15. The molecule has 1 heterocycles. The molecule has 3 N–H and O–H groups in total. The smallest absolute Gasteiger partial charge is 0.490 e. The predicted molar refractivity (Wildman–Crippen MR) is 140 cm³/mol. The van der Waals surface area contributed by atoms with Gasteiger partial charge in [-0.15, -0.1) is 9.42 Å². The Morgan fingerprint density at radius 1 is 1.05 bits per heavy atom. The van der Waals surface area contributed by atoms with Gasteiger partial charge in [-0.2, -0.15) is 13.2 Å². The summed E-state index contributed by atoms with van der Waals surface area (Å²) in [5, 5.41) is 6.68. The highest BCUT2D eigenvalue weighted by atomic mass is 31.1. The van der Waals surface area contributed by atoms with Crippen LogP contribution in [0.3, 0.4) is 0 Å². The monoisotopic (exact) mass is 553 g/mol. The minimum Gasteiger partial charge on any atom is -0.490 e. The maximum Gasteiger partial charge on any atom is 0.694 e. The number of hydrogen-bond donors (Lipinski definition) is 3. The molecule has 0 saturated carbocycles. The van der Waals surface area contributed by atoms with Crippen molar-refractivity contribution in [2.45, 2.75) is 51.9 Å². The summed E-state index contributed by atoms with van der Waals surface area (Å²) in [7, 11) is -2.57. The molecule has 0 aliphatic heterocycles. The van der Waals surface area contributed by atoms with Crippen molar-refractivity contribution in [1.82, 2.24) is 5.32 Å². The highest BCUT2D eigenvalue weighted by molar-refractivity contribution is 7.32. The lowest BCUT2D eigenvalue weighted by Gasteiger charge is -2.17. The molecule has 1 unspecified atom stereocenters. The van der Waals surface area contributed by atoms with E-state index in [0.717, 1.165) is 22.4 Å². The van der Waals surface area contributed by atoms with Crippen molar-refractivity contribution in [2.24, 2.45) is 0 Å². The van der Waals surface area contributed by atoms with E-state index in [0.29, 0.717) is 44.5 Å². The van der Waals surface area contributed by atoms with Crippen LogP contribution in [0, 0.1) is 0 Å². The van der Waals surface area contributed by atoms with E-state index in [1.807, 2.05) is 24.3 Å². The number of ether oxygens (including phenoxy) is 1. The number of aryl methyl sites for hydroxylation is 1. The van der Waals surface area contributed by atoms with Gasteiger partial charge in [0, 0.05) is 34.5 Å². The lowest BCUT2D eigenvalue weighted by atomic mass is 10.0. The lowest BCUT2D eigenvalue weighted by Crippen LogP contribution is -2.16. The summed E-state index contributed by atoms with van der Waals surface area (Å²) in [4.78, 5) is 8.65. The zero-order valence-corrected chi connectivity index (χ0v) is 22.3. The van der Waals surface area contributed by atoms with Crippen LogP contribution in [0.15, 0.2) is 59.4 Å². The molecule has 1 atom stereocenters. The molecule has 0 saturated heterocycles.